The first-order valence-corrected chi connectivity index (χ1v) is 14.4. The van der Waals surface area contributed by atoms with Gasteiger partial charge in [-0.05, 0) is 54.1 Å². The average molecular weight is 609 g/mol. The van der Waals surface area contributed by atoms with Crippen LogP contribution in [0.5, 0.6) is 5.75 Å². The lowest BCUT2D eigenvalue weighted by atomic mass is 9.89. The summed E-state index contributed by atoms with van der Waals surface area (Å²) < 4.78 is 5.83. The Hall–Kier alpha value is -4.72. The molecule has 0 aromatic heterocycles. The van der Waals surface area contributed by atoms with E-state index in [9.17, 15) is 19.2 Å². The number of hydrogen-bond donors (Lipinski definition) is 0. The molecule has 43 heavy (non-hydrogen) atoms. The normalized spacial score (nSPS) is 21.8. The van der Waals surface area contributed by atoms with E-state index in [0.717, 1.165) is 16.2 Å². The number of halogens is 2. The molecule has 2 fully saturated rings. The van der Waals surface area contributed by atoms with E-state index in [1.54, 1.807) is 54.6 Å². The largest absolute Gasteiger partial charge is 0.425 e. The van der Waals surface area contributed by atoms with Crippen LogP contribution in [0.2, 0.25) is 10.0 Å². The highest BCUT2D eigenvalue weighted by Gasteiger charge is 2.65. The van der Waals surface area contributed by atoms with E-state index in [0.29, 0.717) is 16.1 Å². The summed E-state index contributed by atoms with van der Waals surface area (Å²) in [7, 11) is 0. The van der Waals surface area contributed by atoms with Gasteiger partial charge in [0.1, 0.15) is 11.8 Å². The third kappa shape index (κ3) is 4.44. The number of para-hydroxylation sites is 1. The summed E-state index contributed by atoms with van der Waals surface area (Å²) in [5.41, 5.74) is 2.79. The second-order valence-electron chi connectivity index (χ2n) is 10.6. The molecule has 3 aliphatic rings. The lowest BCUT2D eigenvalue weighted by molar-refractivity contribution is -0.139. The molecule has 0 aliphatic carbocycles. The number of hydrogen-bond acceptors (Lipinski definition) is 6. The molecule has 4 atom stereocenters. The summed E-state index contributed by atoms with van der Waals surface area (Å²) in [5, 5.41) is 0.517. The van der Waals surface area contributed by atoms with Crippen LogP contribution in [0.3, 0.4) is 0 Å². The lowest BCUT2D eigenvalue weighted by Gasteiger charge is -2.36. The van der Waals surface area contributed by atoms with E-state index < -0.39 is 41.7 Å². The molecule has 0 radical (unpaired) electrons. The van der Waals surface area contributed by atoms with E-state index in [1.807, 2.05) is 47.4 Å². The fourth-order valence-corrected chi connectivity index (χ4v) is 6.78. The van der Waals surface area contributed by atoms with E-state index in [2.05, 4.69) is 0 Å². The summed E-state index contributed by atoms with van der Waals surface area (Å²) in [5.74, 6) is -3.48. The van der Waals surface area contributed by atoms with Crippen molar-refractivity contribution in [3.05, 3.63) is 130 Å². The van der Waals surface area contributed by atoms with Gasteiger partial charge in [-0.15, -0.1) is 0 Å². The van der Waals surface area contributed by atoms with Crippen LogP contribution < -0.4 is 14.5 Å². The van der Waals surface area contributed by atoms with E-state index in [-0.39, 0.29) is 22.2 Å². The highest BCUT2D eigenvalue weighted by molar-refractivity contribution is 6.38. The van der Waals surface area contributed by atoms with Crippen molar-refractivity contribution in [1.29, 1.82) is 0 Å². The number of nitrogens with zero attached hydrogens (tertiary/aromatic N) is 2. The number of amides is 2. The highest BCUT2D eigenvalue weighted by Crippen LogP contribution is 2.50. The smallest absolute Gasteiger partial charge is 0.335 e. The maximum atomic E-state index is 14.0. The third-order valence-electron chi connectivity index (χ3n) is 8.18. The Morgan fingerprint density at radius 3 is 2.14 bits per heavy atom. The number of benzene rings is 4. The molecule has 2 amide bonds. The molecular weight excluding hydrogens is 587 g/mol. The minimum Gasteiger partial charge on any atom is -0.425 e. The minimum atomic E-state index is -1.10. The van der Waals surface area contributed by atoms with Gasteiger partial charge in [0.05, 0.1) is 28.6 Å². The molecule has 0 bridgehead atoms. The van der Waals surface area contributed by atoms with Crippen LogP contribution in [-0.2, 0) is 14.4 Å². The zero-order chi connectivity index (χ0) is 29.8. The molecular formula is C34H22Cl2N2O5. The monoisotopic (exact) mass is 608 g/mol. The number of esters is 1. The molecule has 0 saturated carbocycles. The fraction of sp³-hybridized carbons (Fsp3) is 0.118. The summed E-state index contributed by atoms with van der Waals surface area (Å²) in [4.78, 5) is 57.6. The zero-order valence-electron chi connectivity index (χ0n) is 22.4. The Morgan fingerprint density at radius 1 is 0.721 bits per heavy atom. The van der Waals surface area contributed by atoms with Gasteiger partial charge in [-0.2, -0.15) is 0 Å². The van der Waals surface area contributed by atoms with Gasteiger partial charge in [0, 0.05) is 21.8 Å². The van der Waals surface area contributed by atoms with Crippen molar-refractivity contribution in [2.24, 2.45) is 11.8 Å². The standard InChI is InChI=1S/C34H22Cl2N2O5/c35-22-13-17-26(24(36)18-22)38-32(40)28-27-16-12-19-6-4-5-9-25(19)37(27)30(29(28)33(38)41)34(42)43-23-14-10-21(11-15-23)31(39)20-7-2-1-3-8-20/h1-18,27-30H/t27-,28+,29-,30+/m1/s1. The first-order valence-electron chi connectivity index (χ1n) is 13.6. The maximum Gasteiger partial charge on any atom is 0.335 e. The van der Waals surface area contributed by atoms with Crippen molar-refractivity contribution in [3.8, 4) is 5.75 Å². The molecule has 4 aromatic carbocycles. The van der Waals surface area contributed by atoms with Gasteiger partial charge in [-0.25, -0.2) is 9.69 Å². The summed E-state index contributed by atoms with van der Waals surface area (Å²) in [6, 6.07) is 25.5. The predicted octanol–water partition coefficient (Wildman–Crippen LogP) is 6.22. The summed E-state index contributed by atoms with van der Waals surface area (Å²) >= 11 is 12.5. The maximum absolute atomic E-state index is 14.0. The van der Waals surface area contributed by atoms with Gasteiger partial charge in [0.25, 0.3) is 0 Å². The van der Waals surface area contributed by atoms with Crippen molar-refractivity contribution in [2.45, 2.75) is 12.1 Å². The Bertz CT molecular complexity index is 1840. The lowest BCUT2D eigenvalue weighted by Crippen LogP contribution is -2.50. The Morgan fingerprint density at radius 2 is 1.40 bits per heavy atom. The van der Waals surface area contributed by atoms with Crippen molar-refractivity contribution in [3.63, 3.8) is 0 Å². The second kappa shape index (κ2) is 10.5. The summed E-state index contributed by atoms with van der Waals surface area (Å²) in [6.45, 7) is 0. The van der Waals surface area contributed by atoms with E-state index >= 15 is 0 Å². The van der Waals surface area contributed by atoms with Crippen LogP contribution in [0.25, 0.3) is 6.08 Å². The molecule has 212 valence electrons. The van der Waals surface area contributed by atoms with Gasteiger partial charge >= 0.3 is 5.97 Å². The van der Waals surface area contributed by atoms with Crippen LogP contribution in [0, 0.1) is 11.8 Å². The zero-order valence-corrected chi connectivity index (χ0v) is 23.9. The highest BCUT2D eigenvalue weighted by atomic mass is 35.5. The number of imide groups is 1. The Kier molecular flexibility index (Phi) is 6.64. The van der Waals surface area contributed by atoms with Crippen LogP contribution in [0.15, 0.2) is 103 Å². The fourth-order valence-electron chi connectivity index (χ4n) is 6.29. The van der Waals surface area contributed by atoms with Crippen LogP contribution in [-0.4, -0.2) is 35.7 Å². The Balaban J connectivity index is 1.23. The first kappa shape index (κ1) is 27.1. The summed E-state index contributed by atoms with van der Waals surface area (Å²) in [6.07, 6.45) is 3.76. The first-order chi connectivity index (χ1) is 20.8. The van der Waals surface area contributed by atoms with E-state index in [1.165, 1.54) is 12.1 Å². The van der Waals surface area contributed by atoms with Gasteiger partial charge in [-0.3, -0.25) is 14.4 Å². The van der Waals surface area contributed by atoms with Crippen molar-refractivity contribution >= 4 is 64.2 Å². The second-order valence-corrected chi connectivity index (χ2v) is 11.4. The van der Waals surface area contributed by atoms with Crippen molar-refractivity contribution in [1.82, 2.24) is 0 Å². The quantitative estimate of drug-likeness (QED) is 0.116. The van der Waals surface area contributed by atoms with Crippen LogP contribution >= 0.6 is 23.2 Å². The molecule has 9 heteroatoms. The molecule has 0 unspecified atom stereocenters. The SMILES string of the molecule is O=C(c1ccccc1)c1ccc(OC(=O)[C@@H]2[C@@H]3C(=O)N(c4ccc(Cl)cc4Cl)C(=O)[C@H]3[C@H]3C=Cc4ccccc4N32)cc1. The number of carbonyl (C=O) groups excluding carboxylic acids is 4. The van der Waals surface area contributed by atoms with Crippen LogP contribution in [0.4, 0.5) is 11.4 Å². The number of ether oxygens (including phenoxy) is 1. The molecule has 3 heterocycles. The molecule has 0 N–H and O–H groups in total. The Labute approximate surface area is 256 Å². The topological polar surface area (TPSA) is 84.0 Å². The third-order valence-corrected chi connectivity index (χ3v) is 8.72. The molecule has 0 spiro atoms. The number of rotatable bonds is 5. The van der Waals surface area contributed by atoms with Gasteiger partial charge in [0.15, 0.2) is 5.78 Å². The minimum absolute atomic E-state index is 0.153. The molecule has 3 aliphatic heterocycles. The number of anilines is 2. The predicted molar refractivity (Wildman–Crippen MR) is 163 cm³/mol. The molecule has 7 nitrogen and oxygen atoms in total. The number of carbonyl (C=O) groups is 4. The average Bonchev–Trinajstić information content (AvgIpc) is 3.50. The van der Waals surface area contributed by atoms with Gasteiger partial charge in [0.2, 0.25) is 11.8 Å². The van der Waals surface area contributed by atoms with E-state index in [4.69, 9.17) is 27.9 Å². The van der Waals surface area contributed by atoms with Gasteiger partial charge in [-0.1, -0.05) is 83.9 Å². The van der Waals surface area contributed by atoms with Gasteiger partial charge < -0.3 is 9.64 Å². The van der Waals surface area contributed by atoms with Crippen molar-refractivity contribution < 1.29 is 23.9 Å². The number of fused-ring (bicyclic) bond motifs is 5. The van der Waals surface area contributed by atoms with Crippen molar-refractivity contribution in [2.75, 3.05) is 9.80 Å². The molecule has 4 aromatic rings. The molecule has 7 rings (SSSR count). The number of ketones is 1. The molecule has 2 saturated heterocycles. The van der Waals surface area contributed by atoms with Crippen LogP contribution in [0.1, 0.15) is 21.5 Å².